The number of hydrogen-bond donors (Lipinski definition) is 2. The van der Waals surface area contributed by atoms with Crippen LogP contribution in [0, 0.1) is 0 Å². The number of hydrogen-bond acceptors (Lipinski definition) is 4. The molecule has 2 aromatic carbocycles. The molecule has 0 aliphatic carbocycles. The van der Waals surface area contributed by atoms with Crippen LogP contribution in [0.3, 0.4) is 0 Å². The zero-order valence-electron chi connectivity index (χ0n) is 20.0. The quantitative estimate of drug-likeness (QED) is 0.614. The fourth-order valence-corrected chi connectivity index (χ4v) is 5.03. The first-order valence-electron chi connectivity index (χ1n) is 11.2. The summed E-state index contributed by atoms with van der Waals surface area (Å²) < 4.78 is 59.6. The van der Waals surface area contributed by atoms with Crippen LogP contribution in [-0.2, 0) is 14.8 Å². The lowest BCUT2D eigenvalue weighted by molar-refractivity contribution is -0.118. The number of amides is 1. The molecular formula is C21H26ClN3O3S. The fourth-order valence-electron chi connectivity index (χ4n) is 3.31. The third-order valence-corrected chi connectivity index (χ3v) is 6.79. The topological polar surface area (TPSA) is 92.5 Å². The van der Waals surface area contributed by atoms with Crippen LogP contribution >= 0.6 is 11.6 Å². The molecule has 156 valence electrons. The fraction of sp³-hybridized carbons (Fsp3) is 0.381. The molecule has 3 rings (SSSR count). The molecule has 2 aromatic rings. The number of sulfonamides is 1. The van der Waals surface area contributed by atoms with Crippen molar-refractivity contribution in [2.45, 2.75) is 42.9 Å². The van der Waals surface area contributed by atoms with E-state index < -0.39 is 41.1 Å². The molecule has 1 aliphatic heterocycles. The van der Waals surface area contributed by atoms with E-state index in [4.69, 9.17) is 22.8 Å². The lowest BCUT2D eigenvalue weighted by atomic mass is 9.96. The Hall–Kier alpha value is -2.09. The molecule has 1 amide bonds. The van der Waals surface area contributed by atoms with Crippen LogP contribution in [0.15, 0.2) is 47.4 Å². The van der Waals surface area contributed by atoms with Crippen molar-refractivity contribution in [3.8, 4) is 0 Å². The van der Waals surface area contributed by atoms with E-state index in [9.17, 15) is 13.2 Å². The molecule has 0 spiro atoms. The van der Waals surface area contributed by atoms with Crippen molar-refractivity contribution < 1.29 is 18.7 Å². The molecule has 1 aliphatic rings. The van der Waals surface area contributed by atoms with Crippen LogP contribution in [-0.4, -0.2) is 27.9 Å². The molecule has 0 fully saturated rings. The second-order valence-corrected chi connectivity index (χ2v) is 9.07. The SMILES string of the molecule is [2H]C([2H])(CCCN[C@H]1c2ccccc2N(C)S(=O)(=O)c2cc(Cl)ccc21)C([2H])([2H])CC(N)=O. The van der Waals surface area contributed by atoms with Gasteiger partial charge < -0.3 is 11.1 Å². The number of nitrogens with two attached hydrogens (primary N) is 1. The monoisotopic (exact) mass is 439 g/mol. The van der Waals surface area contributed by atoms with Gasteiger partial charge >= 0.3 is 0 Å². The third-order valence-electron chi connectivity index (χ3n) is 4.73. The molecule has 0 aromatic heterocycles. The summed E-state index contributed by atoms with van der Waals surface area (Å²) in [6, 6.07) is 11.3. The van der Waals surface area contributed by atoms with E-state index in [-0.39, 0.29) is 24.3 Å². The van der Waals surface area contributed by atoms with Crippen molar-refractivity contribution in [2.24, 2.45) is 5.73 Å². The first-order chi connectivity index (χ1) is 15.3. The number of carbonyl (C=O) groups is 1. The van der Waals surface area contributed by atoms with Gasteiger partial charge in [-0.2, -0.15) is 0 Å². The van der Waals surface area contributed by atoms with Gasteiger partial charge in [0.2, 0.25) is 5.91 Å². The van der Waals surface area contributed by atoms with Gasteiger partial charge in [-0.25, -0.2) is 8.42 Å². The molecular weight excluding hydrogens is 410 g/mol. The van der Waals surface area contributed by atoms with Gasteiger partial charge in [0.25, 0.3) is 10.0 Å². The van der Waals surface area contributed by atoms with Gasteiger partial charge in [-0.3, -0.25) is 9.10 Å². The van der Waals surface area contributed by atoms with Gasteiger partial charge in [0.05, 0.1) is 16.6 Å². The van der Waals surface area contributed by atoms with Crippen LogP contribution in [0.25, 0.3) is 0 Å². The van der Waals surface area contributed by atoms with Gasteiger partial charge in [-0.1, -0.05) is 48.7 Å². The molecule has 3 N–H and O–H groups in total. The van der Waals surface area contributed by atoms with Crippen LogP contribution < -0.4 is 15.4 Å². The average molecular weight is 440 g/mol. The second kappa shape index (κ2) is 9.15. The summed E-state index contributed by atoms with van der Waals surface area (Å²) in [6.07, 6.45) is -5.27. The third kappa shape index (κ3) is 4.74. The number of halogens is 1. The summed E-state index contributed by atoms with van der Waals surface area (Å²) in [5.74, 6) is -0.905. The van der Waals surface area contributed by atoms with E-state index >= 15 is 0 Å². The summed E-state index contributed by atoms with van der Waals surface area (Å²) >= 11 is 6.11. The summed E-state index contributed by atoms with van der Waals surface area (Å²) in [5, 5.41) is 3.59. The maximum atomic E-state index is 13.3. The Bertz CT molecular complexity index is 1160. The first-order valence-corrected chi connectivity index (χ1v) is 11.0. The van der Waals surface area contributed by atoms with Crippen molar-refractivity contribution in [2.75, 3.05) is 17.9 Å². The van der Waals surface area contributed by atoms with Gasteiger partial charge in [0, 0.05) is 24.0 Å². The molecule has 1 heterocycles. The van der Waals surface area contributed by atoms with Crippen LogP contribution in [0.2, 0.25) is 5.02 Å². The van der Waals surface area contributed by atoms with Crippen molar-refractivity contribution in [1.82, 2.24) is 5.32 Å². The lowest BCUT2D eigenvalue weighted by Gasteiger charge is -2.22. The Morgan fingerprint density at radius 3 is 2.72 bits per heavy atom. The van der Waals surface area contributed by atoms with E-state index in [1.165, 1.54) is 17.4 Å². The first kappa shape index (κ1) is 16.7. The van der Waals surface area contributed by atoms with E-state index in [0.29, 0.717) is 16.3 Å². The number of anilines is 1. The molecule has 1 atom stereocenters. The van der Waals surface area contributed by atoms with Crippen molar-refractivity contribution >= 4 is 33.2 Å². The lowest BCUT2D eigenvalue weighted by Crippen LogP contribution is -2.26. The van der Waals surface area contributed by atoms with E-state index in [1.54, 1.807) is 24.3 Å². The number of primary amides is 1. The number of rotatable bonds is 8. The second-order valence-electron chi connectivity index (χ2n) is 6.70. The van der Waals surface area contributed by atoms with Gasteiger partial charge in [-0.15, -0.1) is 0 Å². The van der Waals surface area contributed by atoms with Gasteiger partial charge in [0.1, 0.15) is 0 Å². The Kier molecular flexibility index (Phi) is 5.26. The van der Waals surface area contributed by atoms with Gasteiger partial charge in [-0.05, 0) is 48.7 Å². The Balaban J connectivity index is 1.88. The molecule has 0 saturated heterocycles. The Morgan fingerprint density at radius 2 is 1.97 bits per heavy atom. The minimum Gasteiger partial charge on any atom is -0.370 e. The summed E-state index contributed by atoms with van der Waals surface area (Å²) in [5.41, 5.74) is 6.82. The summed E-state index contributed by atoms with van der Waals surface area (Å²) in [4.78, 5) is 11.2. The van der Waals surface area contributed by atoms with Gasteiger partial charge in [0.15, 0.2) is 0 Å². The zero-order valence-corrected chi connectivity index (χ0v) is 17.6. The predicted octanol–water partition coefficient (Wildman–Crippen LogP) is 3.59. The van der Waals surface area contributed by atoms with Crippen LogP contribution in [0.5, 0.6) is 0 Å². The van der Waals surface area contributed by atoms with Crippen molar-refractivity contribution in [3.05, 3.63) is 58.6 Å². The molecule has 8 heteroatoms. The standard InChI is InChI=1S/C21H26ClN3O3S/c1-25-18-9-6-5-8-16(18)21(24-13-7-3-2-4-10-20(23)26)17-12-11-15(22)14-19(17)29(25,27)28/h5-6,8-9,11-12,14,21,24H,2-4,7,10,13H2,1H3,(H2,23,26)/t21-/m0/s1/i2D2,4D2. The van der Waals surface area contributed by atoms with Crippen LogP contribution in [0.1, 0.15) is 54.7 Å². The molecule has 0 unspecified atom stereocenters. The molecule has 29 heavy (non-hydrogen) atoms. The molecule has 0 radical (unpaired) electrons. The molecule has 6 nitrogen and oxygen atoms in total. The average Bonchev–Trinajstić information content (AvgIpc) is 2.78. The summed E-state index contributed by atoms with van der Waals surface area (Å²) in [6.45, 7) is 0.275. The predicted molar refractivity (Wildman–Crippen MR) is 116 cm³/mol. The number of benzene rings is 2. The highest BCUT2D eigenvalue weighted by Crippen LogP contribution is 2.40. The molecule has 0 bridgehead atoms. The summed E-state index contributed by atoms with van der Waals surface area (Å²) in [7, 11) is -2.37. The van der Waals surface area contributed by atoms with E-state index in [0.717, 1.165) is 5.56 Å². The zero-order chi connectivity index (χ0) is 24.6. The van der Waals surface area contributed by atoms with Crippen LogP contribution in [0.4, 0.5) is 5.69 Å². The molecule has 0 saturated carbocycles. The number of fused-ring (bicyclic) bond motifs is 2. The smallest absolute Gasteiger partial charge is 0.264 e. The minimum atomic E-state index is -3.86. The highest BCUT2D eigenvalue weighted by molar-refractivity contribution is 7.92. The number of carbonyl (C=O) groups excluding carboxylic acids is 1. The van der Waals surface area contributed by atoms with E-state index in [1.807, 2.05) is 12.1 Å². The largest absolute Gasteiger partial charge is 0.370 e. The van der Waals surface area contributed by atoms with E-state index in [2.05, 4.69) is 5.32 Å². The number of nitrogens with one attached hydrogen (secondary N) is 1. The minimum absolute atomic E-state index is 0.0827. The van der Waals surface area contributed by atoms with Crippen molar-refractivity contribution in [1.29, 1.82) is 0 Å². The maximum absolute atomic E-state index is 13.3. The number of nitrogens with zero attached hydrogens (tertiary/aromatic N) is 1. The highest BCUT2D eigenvalue weighted by atomic mass is 35.5. The highest BCUT2D eigenvalue weighted by Gasteiger charge is 2.34. The normalized spacial score (nSPS) is 20.3. The van der Waals surface area contributed by atoms with Crippen molar-refractivity contribution in [3.63, 3.8) is 0 Å². The Morgan fingerprint density at radius 1 is 1.21 bits per heavy atom. The maximum Gasteiger partial charge on any atom is 0.264 e. The Labute approximate surface area is 182 Å². The number of para-hydroxylation sites is 1.